The van der Waals surface area contributed by atoms with Crippen molar-refractivity contribution >= 4 is 18.0 Å². The molecule has 3 N–H and O–H groups in total. The van der Waals surface area contributed by atoms with E-state index in [1.807, 2.05) is 36.4 Å². The molecule has 3 aromatic carbocycles. The van der Waals surface area contributed by atoms with Gasteiger partial charge in [0, 0.05) is 12.5 Å². The molecule has 0 saturated carbocycles. The number of rotatable bonds is 8. The van der Waals surface area contributed by atoms with Gasteiger partial charge in [-0.1, -0.05) is 60.7 Å². The number of fused-ring (bicyclic) bond motifs is 3. The van der Waals surface area contributed by atoms with Crippen LogP contribution in [-0.4, -0.2) is 42.3 Å². The highest BCUT2D eigenvalue weighted by Gasteiger charge is 2.29. The van der Waals surface area contributed by atoms with Crippen LogP contribution in [0.2, 0.25) is 0 Å². The summed E-state index contributed by atoms with van der Waals surface area (Å²) in [5.41, 5.74) is 5.67. The number of hydrogen-bond acceptors (Lipinski definition) is 4. The van der Waals surface area contributed by atoms with E-state index in [0.29, 0.717) is 13.0 Å². The van der Waals surface area contributed by atoms with E-state index < -0.39 is 18.1 Å². The molecule has 0 bridgehead atoms. The fourth-order valence-corrected chi connectivity index (χ4v) is 4.18. The number of benzene rings is 3. The van der Waals surface area contributed by atoms with E-state index in [1.54, 1.807) is 19.1 Å². The van der Waals surface area contributed by atoms with Gasteiger partial charge in [-0.05, 0) is 53.3 Å². The van der Waals surface area contributed by atoms with Gasteiger partial charge in [-0.15, -0.1) is 0 Å². The highest BCUT2D eigenvalue weighted by molar-refractivity contribution is 5.87. The Balaban J connectivity index is 1.25. The van der Waals surface area contributed by atoms with Crippen molar-refractivity contribution in [3.8, 4) is 11.1 Å². The topological polar surface area (TPSA) is 105 Å². The van der Waals surface area contributed by atoms with Crippen molar-refractivity contribution in [3.63, 3.8) is 0 Å². The van der Waals surface area contributed by atoms with Gasteiger partial charge in [0.1, 0.15) is 12.6 Å². The molecule has 0 radical (unpaired) electrons. The van der Waals surface area contributed by atoms with Crippen LogP contribution in [-0.2, 0) is 16.0 Å². The summed E-state index contributed by atoms with van der Waals surface area (Å²) in [7, 11) is 0. The van der Waals surface area contributed by atoms with E-state index in [-0.39, 0.29) is 24.0 Å². The third-order valence-electron chi connectivity index (χ3n) is 5.99. The van der Waals surface area contributed by atoms with Gasteiger partial charge < -0.3 is 20.5 Å². The van der Waals surface area contributed by atoms with Crippen LogP contribution in [0.3, 0.4) is 0 Å². The van der Waals surface area contributed by atoms with Crippen molar-refractivity contribution in [3.05, 3.63) is 95.1 Å². The first kappa shape index (κ1) is 23.0. The maximum absolute atomic E-state index is 12.4. The van der Waals surface area contributed by atoms with Crippen LogP contribution < -0.4 is 10.6 Å². The lowest BCUT2D eigenvalue weighted by atomic mass is 9.98. The van der Waals surface area contributed by atoms with Gasteiger partial charge in [-0.2, -0.15) is 0 Å². The van der Waals surface area contributed by atoms with Crippen molar-refractivity contribution in [1.82, 2.24) is 10.6 Å². The largest absolute Gasteiger partial charge is 0.478 e. The van der Waals surface area contributed by atoms with Crippen molar-refractivity contribution in [2.75, 3.05) is 13.2 Å². The number of carboxylic acid groups (broad SMARTS) is 1. The first-order valence-corrected chi connectivity index (χ1v) is 11.2. The van der Waals surface area contributed by atoms with Crippen LogP contribution in [0, 0.1) is 0 Å². The second kappa shape index (κ2) is 10.2. The van der Waals surface area contributed by atoms with Crippen LogP contribution in [0.15, 0.2) is 72.8 Å². The second-order valence-corrected chi connectivity index (χ2v) is 8.23. The summed E-state index contributed by atoms with van der Waals surface area (Å²) in [5.74, 6) is -1.35. The number of aromatic carboxylic acids is 1. The fourth-order valence-electron chi connectivity index (χ4n) is 4.18. The standard InChI is InChI=1S/C27H26N2O5/c1-17(25(30)28-15-14-18-10-12-19(13-11-18)26(31)32)29-27(33)34-16-24-22-8-4-2-6-20(22)21-7-3-5-9-23(21)24/h2-13,17,24H,14-16H2,1H3,(H,28,30)(H,29,33)(H,31,32). The lowest BCUT2D eigenvalue weighted by Crippen LogP contribution is -2.45. The molecule has 174 valence electrons. The molecule has 0 fully saturated rings. The second-order valence-electron chi connectivity index (χ2n) is 8.23. The van der Waals surface area contributed by atoms with Gasteiger partial charge in [0.2, 0.25) is 5.91 Å². The SMILES string of the molecule is CC(NC(=O)OCC1c2ccccc2-c2ccccc21)C(=O)NCCc1ccc(C(=O)O)cc1. The van der Waals surface area contributed by atoms with Gasteiger partial charge in [0.25, 0.3) is 0 Å². The maximum Gasteiger partial charge on any atom is 0.407 e. The van der Waals surface area contributed by atoms with E-state index in [2.05, 4.69) is 22.8 Å². The molecule has 0 saturated heterocycles. The molecular formula is C27H26N2O5. The zero-order valence-corrected chi connectivity index (χ0v) is 18.8. The third-order valence-corrected chi connectivity index (χ3v) is 5.99. The summed E-state index contributed by atoms with van der Waals surface area (Å²) in [5, 5.41) is 14.3. The molecule has 0 spiro atoms. The molecule has 0 aliphatic heterocycles. The number of carboxylic acids is 1. The Morgan fingerprint density at radius 2 is 1.50 bits per heavy atom. The van der Waals surface area contributed by atoms with E-state index in [4.69, 9.17) is 9.84 Å². The van der Waals surface area contributed by atoms with E-state index >= 15 is 0 Å². The minimum Gasteiger partial charge on any atom is -0.478 e. The van der Waals surface area contributed by atoms with Crippen LogP contribution in [0.1, 0.15) is 39.9 Å². The molecule has 1 atom stereocenters. The smallest absolute Gasteiger partial charge is 0.407 e. The summed E-state index contributed by atoms with van der Waals surface area (Å²) in [6.45, 7) is 2.14. The summed E-state index contributed by atoms with van der Waals surface area (Å²) in [6.07, 6.45) is -0.0997. The first-order chi connectivity index (χ1) is 16.4. The number of hydrogen-bond donors (Lipinski definition) is 3. The average Bonchev–Trinajstić information content (AvgIpc) is 3.16. The molecule has 0 heterocycles. The molecule has 4 rings (SSSR count). The van der Waals surface area contributed by atoms with Crippen molar-refractivity contribution < 1.29 is 24.2 Å². The van der Waals surface area contributed by atoms with Gasteiger partial charge >= 0.3 is 12.1 Å². The predicted molar refractivity (Wildman–Crippen MR) is 128 cm³/mol. The van der Waals surface area contributed by atoms with Crippen LogP contribution in [0.5, 0.6) is 0 Å². The van der Waals surface area contributed by atoms with Crippen LogP contribution in [0.25, 0.3) is 11.1 Å². The van der Waals surface area contributed by atoms with E-state index in [1.165, 1.54) is 12.1 Å². The van der Waals surface area contributed by atoms with Gasteiger partial charge in [-0.25, -0.2) is 9.59 Å². The molecule has 3 aromatic rings. The predicted octanol–water partition coefficient (Wildman–Crippen LogP) is 3.97. The monoisotopic (exact) mass is 458 g/mol. The normalized spacial score (nSPS) is 12.9. The number of amides is 2. The molecule has 1 unspecified atom stereocenters. The molecule has 34 heavy (non-hydrogen) atoms. The number of carbonyl (C=O) groups is 3. The zero-order valence-electron chi connectivity index (χ0n) is 18.8. The number of nitrogens with one attached hydrogen (secondary N) is 2. The number of alkyl carbamates (subject to hydrolysis) is 1. The van der Waals surface area contributed by atoms with E-state index in [9.17, 15) is 14.4 Å². The quantitative estimate of drug-likeness (QED) is 0.474. The summed E-state index contributed by atoms with van der Waals surface area (Å²) in [6, 6.07) is 21.9. The number of carbonyl (C=O) groups excluding carboxylic acids is 2. The molecule has 7 heteroatoms. The van der Waals surface area contributed by atoms with Crippen molar-refractivity contribution in [2.45, 2.75) is 25.3 Å². The molecule has 7 nitrogen and oxygen atoms in total. The highest BCUT2D eigenvalue weighted by Crippen LogP contribution is 2.44. The fraction of sp³-hybridized carbons (Fsp3) is 0.222. The molecule has 1 aliphatic carbocycles. The maximum atomic E-state index is 12.4. The lowest BCUT2D eigenvalue weighted by Gasteiger charge is -2.17. The summed E-state index contributed by atoms with van der Waals surface area (Å²) >= 11 is 0. The first-order valence-electron chi connectivity index (χ1n) is 11.2. The van der Waals surface area contributed by atoms with Crippen LogP contribution in [0.4, 0.5) is 4.79 Å². The van der Waals surface area contributed by atoms with Gasteiger partial charge in [0.05, 0.1) is 5.56 Å². The lowest BCUT2D eigenvalue weighted by molar-refractivity contribution is -0.122. The Kier molecular flexibility index (Phi) is 6.92. The molecule has 1 aliphatic rings. The Morgan fingerprint density at radius 1 is 0.912 bits per heavy atom. The Morgan fingerprint density at radius 3 is 2.09 bits per heavy atom. The van der Waals surface area contributed by atoms with Gasteiger partial charge in [0.15, 0.2) is 0 Å². The third kappa shape index (κ3) is 5.09. The number of ether oxygens (including phenoxy) is 1. The Bertz CT molecular complexity index is 1160. The average molecular weight is 459 g/mol. The zero-order chi connectivity index (χ0) is 24.1. The summed E-state index contributed by atoms with van der Waals surface area (Å²) < 4.78 is 5.49. The molecule has 2 amide bonds. The van der Waals surface area contributed by atoms with Crippen molar-refractivity contribution in [1.29, 1.82) is 0 Å². The minimum atomic E-state index is -0.979. The minimum absolute atomic E-state index is 0.0465. The molecular weight excluding hydrogens is 432 g/mol. The van der Waals surface area contributed by atoms with Crippen LogP contribution >= 0.6 is 0 Å². The van der Waals surface area contributed by atoms with Crippen molar-refractivity contribution in [2.24, 2.45) is 0 Å². The molecule has 0 aromatic heterocycles. The van der Waals surface area contributed by atoms with E-state index in [0.717, 1.165) is 27.8 Å². The summed E-state index contributed by atoms with van der Waals surface area (Å²) in [4.78, 5) is 35.6. The highest BCUT2D eigenvalue weighted by atomic mass is 16.5. The van der Waals surface area contributed by atoms with Gasteiger partial charge in [-0.3, -0.25) is 4.79 Å². The Hall–Kier alpha value is -4.13. The Labute approximate surface area is 197 Å².